The van der Waals surface area contributed by atoms with Crippen LogP contribution in [0.1, 0.15) is 25.3 Å². The Kier molecular flexibility index (Phi) is 4.35. The molecule has 24 heavy (non-hydrogen) atoms. The molecule has 130 valence electrons. The maximum atomic E-state index is 12.6. The van der Waals surface area contributed by atoms with Crippen LogP contribution in [0.3, 0.4) is 0 Å². The fourth-order valence-electron chi connectivity index (χ4n) is 3.20. The van der Waals surface area contributed by atoms with Gasteiger partial charge in [0.15, 0.2) is 0 Å². The molecule has 7 nitrogen and oxygen atoms in total. The van der Waals surface area contributed by atoms with Gasteiger partial charge in [0.2, 0.25) is 21.8 Å². The number of benzene rings is 1. The summed E-state index contributed by atoms with van der Waals surface area (Å²) in [6.07, 6.45) is 1.42. The van der Waals surface area contributed by atoms with Gasteiger partial charge in [0.25, 0.3) is 0 Å². The number of rotatable bonds is 3. The van der Waals surface area contributed by atoms with E-state index in [1.165, 1.54) is 13.0 Å². The van der Waals surface area contributed by atoms with Crippen molar-refractivity contribution < 1.29 is 18.0 Å². The summed E-state index contributed by atoms with van der Waals surface area (Å²) in [5.41, 5.74) is 1.63. The number of fused-ring (bicyclic) bond motifs is 1. The van der Waals surface area contributed by atoms with Gasteiger partial charge in [-0.05, 0) is 36.6 Å². The molecule has 1 N–H and O–H groups in total. The van der Waals surface area contributed by atoms with E-state index in [0.29, 0.717) is 25.9 Å². The summed E-state index contributed by atoms with van der Waals surface area (Å²) in [6.45, 7) is 2.62. The maximum absolute atomic E-state index is 12.6. The summed E-state index contributed by atoms with van der Waals surface area (Å²) >= 11 is 0. The number of hydrogen-bond donors (Lipinski definition) is 1. The first kappa shape index (κ1) is 16.9. The largest absolute Gasteiger partial charge is 0.346 e. The smallest absolute Gasteiger partial charge is 0.240 e. The zero-order valence-corrected chi connectivity index (χ0v) is 14.6. The Bertz CT molecular complexity index is 791. The van der Waals surface area contributed by atoms with Gasteiger partial charge in [-0.2, -0.15) is 0 Å². The molecule has 0 radical (unpaired) electrons. The number of piperidine rings is 1. The average Bonchev–Trinajstić information content (AvgIpc) is 2.94. The van der Waals surface area contributed by atoms with Crippen LogP contribution in [0.5, 0.6) is 0 Å². The monoisotopic (exact) mass is 351 g/mol. The van der Waals surface area contributed by atoms with E-state index in [1.807, 2.05) is 0 Å². The fraction of sp³-hybridized carbons (Fsp3) is 0.500. The molecule has 0 aliphatic carbocycles. The Morgan fingerprint density at radius 1 is 1.29 bits per heavy atom. The topological polar surface area (TPSA) is 86.8 Å². The van der Waals surface area contributed by atoms with Gasteiger partial charge in [0.1, 0.15) is 0 Å². The molecule has 8 heteroatoms. The van der Waals surface area contributed by atoms with E-state index in [-0.39, 0.29) is 29.2 Å². The lowest BCUT2D eigenvalue weighted by Crippen LogP contribution is -2.46. The van der Waals surface area contributed by atoms with Gasteiger partial charge >= 0.3 is 0 Å². The molecule has 0 unspecified atom stereocenters. The predicted molar refractivity (Wildman–Crippen MR) is 89.2 cm³/mol. The van der Waals surface area contributed by atoms with Gasteiger partial charge in [0.05, 0.1) is 4.90 Å². The number of nitrogens with one attached hydrogen (secondary N) is 1. The van der Waals surface area contributed by atoms with E-state index in [4.69, 9.17) is 0 Å². The summed E-state index contributed by atoms with van der Waals surface area (Å²) in [7, 11) is -1.97. The third-order valence-electron chi connectivity index (χ3n) is 4.62. The van der Waals surface area contributed by atoms with Crippen LogP contribution in [0.4, 0.5) is 5.69 Å². The highest BCUT2D eigenvalue weighted by atomic mass is 32.2. The number of sulfonamides is 1. The molecule has 1 fully saturated rings. The van der Waals surface area contributed by atoms with Gasteiger partial charge in [0, 0.05) is 45.2 Å². The molecule has 1 aromatic rings. The molecule has 0 spiro atoms. The number of amides is 2. The molecule has 0 aromatic heterocycles. The molecule has 2 aliphatic rings. The number of likely N-dealkylation sites (tertiary alicyclic amines) is 1. The molecule has 1 saturated heterocycles. The molecule has 0 saturated carbocycles. The second-order valence-corrected chi connectivity index (χ2v) is 8.05. The summed E-state index contributed by atoms with van der Waals surface area (Å²) in [5, 5.41) is 0. The van der Waals surface area contributed by atoms with Crippen molar-refractivity contribution >= 4 is 27.5 Å². The van der Waals surface area contributed by atoms with Crippen LogP contribution in [-0.2, 0) is 26.0 Å². The van der Waals surface area contributed by atoms with Gasteiger partial charge < -0.3 is 9.80 Å². The van der Waals surface area contributed by atoms with E-state index in [9.17, 15) is 18.0 Å². The third kappa shape index (κ3) is 3.16. The van der Waals surface area contributed by atoms with Crippen molar-refractivity contribution in [3.05, 3.63) is 23.8 Å². The van der Waals surface area contributed by atoms with Gasteiger partial charge in [-0.15, -0.1) is 0 Å². The number of anilines is 1. The zero-order valence-electron chi connectivity index (χ0n) is 13.8. The lowest BCUT2D eigenvalue weighted by Gasteiger charge is -2.29. The quantitative estimate of drug-likeness (QED) is 0.859. The Labute approximate surface area is 141 Å². The lowest BCUT2D eigenvalue weighted by atomic mass is 10.1. The summed E-state index contributed by atoms with van der Waals surface area (Å²) in [6, 6.07) is 4.44. The van der Waals surface area contributed by atoms with Crippen molar-refractivity contribution in [2.45, 2.75) is 37.1 Å². The zero-order chi connectivity index (χ0) is 17.5. The van der Waals surface area contributed by atoms with Crippen molar-refractivity contribution in [2.24, 2.45) is 0 Å². The molecule has 1 aromatic carbocycles. The Hall–Kier alpha value is -1.93. The predicted octanol–water partition coefficient (Wildman–Crippen LogP) is 0.495. The lowest BCUT2D eigenvalue weighted by molar-refractivity contribution is -0.132. The van der Waals surface area contributed by atoms with Crippen molar-refractivity contribution in [1.82, 2.24) is 9.62 Å². The first-order valence-corrected chi connectivity index (χ1v) is 9.43. The number of carbonyl (C=O) groups is 2. The van der Waals surface area contributed by atoms with Crippen LogP contribution in [0.25, 0.3) is 0 Å². The van der Waals surface area contributed by atoms with E-state index < -0.39 is 10.0 Å². The van der Waals surface area contributed by atoms with E-state index >= 15 is 0 Å². The average molecular weight is 351 g/mol. The van der Waals surface area contributed by atoms with Crippen molar-refractivity contribution in [3.63, 3.8) is 0 Å². The highest BCUT2D eigenvalue weighted by molar-refractivity contribution is 7.89. The normalized spacial score (nSPS) is 21.1. The minimum atomic E-state index is -3.68. The SMILES string of the molecule is CC(=O)N1CCc2cc(S(=O)(=O)N[C@@H]3CCN(C)C(=O)C3)ccc21. The second kappa shape index (κ2) is 6.18. The van der Waals surface area contributed by atoms with Crippen LogP contribution >= 0.6 is 0 Å². The third-order valence-corrected chi connectivity index (χ3v) is 6.14. The molecular weight excluding hydrogens is 330 g/mol. The van der Waals surface area contributed by atoms with E-state index in [2.05, 4.69) is 4.72 Å². The highest BCUT2D eigenvalue weighted by Gasteiger charge is 2.29. The summed E-state index contributed by atoms with van der Waals surface area (Å²) < 4.78 is 27.8. The highest BCUT2D eigenvalue weighted by Crippen LogP contribution is 2.30. The number of carbonyl (C=O) groups excluding carboxylic acids is 2. The molecule has 2 heterocycles. The first-order chi connectivity index (χ1) is 11.3. The van der Waals surface area contributed by atoms with Crippen molar-refractivity contribution in [2.75, 3.05) is 25.0 Å². The number of hydrogen-bond acceptors (Lipinski definition) is 4. The van der Waals surface area contributed by atoms with Gasteiger partial charge in [-0.25, -0.2) is 13.1 Å². The van der Waals surface area contributed by atoms with Crippen LogP contribution in [0.15, 0.2) is 23.1 Å². The minimum absolute atomic E-state index is 0.0488. The molecule has 3 rings (SSSR count). The Morgan fingerprint density at radius 2 is 2.04 bits per heavy atom. The second-order valence-electron chi connectivity index (χ2n) is 6.34. The van der Waals surface area contributed by atoms with Gasteiger partial charge in [-0.1, -0.05) is 0 Å². The standard InChI is InChI=1S/C16H21N3O4S/c1-11(20)19-8-5-12-9-14(3-4-15(12)19)24(22,23)17-13-6-7-18(2)16(21)10-13/h3-4,9,13,17H,5-8,10H2,1-2H3/t13-/m1/s1. The summed E-state index contributed by atoms with van der Waals surface area (Å²) in [4.78, 5) is 26.7. The molecule has 0 bridgehead atoms. The van der Waals surface area contributed by atoms with Gasteiger partial charge in [-0.3, -0.25) is 9.59 Å². The molecule has 2 amide bonds. The maximum Gasteiger partial charge on any atom is 0.240 e. The Balaban J connectivity index is 1.79. The Morgan fingerprint density at radius 3 is 2.71 bits per heavy atom. The number of nitrogens with zero attached hydrogens (tertiary/aromatic N) is 2. The van der Waals surface area contributed by atoms with E-state index in [1.54, 1.807) is 29.0 Å². The molecule has 1 atom stereocenters. The summed E-state index contributed by atoms with van der Waals surface area (Å²) in [5.74, 6) is -0.104. The van der Waals surface area contributed by atoms with Crippen molar-refractivity contribution in [1.29, 1.82) is 0 Å². The van der Waals surface area contributed by atoms with Crippen LogP contribution < -0.4 is 9.62 Å². The van der Waals surface area contributed by atoms with Crippen LogP contribution in [0, 0.1) is 0 Å². The van der Waals surface area contributed by atoms with Crippen LogP contribution in [-0.4, -0.2) is 51.3 Å². The molecular formula is C16H21N3O4S. The fourth-order valence-corrected chi connectivity index (χ4v) is 4.52. The van der Waals surface area contributed by atoms with Crippen molar-refractivity contribution in [3.8, 4) is 0 Å². The molecule has 2 aliphatic heterocycles. The minimum Gasteiger partial charge on any atom is -0.346 e. The van der Waals surface area contributed by atoms with E-state index in [0.717, 1.165) is 11.3 Å². The first-order valence-electron chi connectivity index (χ1n) is 7.95. The van der Waals surface area contributed by atoms with Crippen LogP contribution in [0.2, 0.25) is 0 Å².